The second kappa shape index (κ2) is 6.21. The Bertz CT molecular complexity index is 590. The van der Waals surface area contributed by atoms with E-state index < -0.39 is 5.60 Å². The standard InChI is InChI=1S/C18H23NO/c1-14(19-13-7-12-18(2,3)20)16-11-6-9-15-8-4-5-10-17(15)16/h4-12,14,19-20H,13H2,1-3H3/b12-7+/t14-/m1/s1. The molecule has 2 aromatic rings. The molecule has 0 fully saturated rings. The fourth-order valence-electron chi connectivity index (χ4n) is 2.33. The Balaban J connectivity index is 2.08. The van der Waals surface area contributed by atoms with Crippen molar-refractivity contribution in [2.24, 2.45) is 0 Å². The first kappa shape index (κ1) is 14.8. The maximum absolute atomic E-state index is 9.63. The molecule has 0 saturated carbocycles. The first-order valence-corrected chi connectivity index (χ1v) is 7.08. The quantitative estimate of drug-likeness (QED) is 0.809. The van der Waals surface area contributed by atoms with E-state index in [4.69, 9.17) is 0 Å². The SMILES string of the molecule is C[C@@H](NC/C=C/C(C)(C)O)c1cccc2ccccc12. The van der Waals surface area contributed by atoms with Crippen molar-refractivity contribution in [1.82, 2.24) is 5.32 Å². The fourth-order valence-corrected chi connectivity index (χ4v) is 2.33. The van der Waals surface area contributed by atoms with Gasteiger partial charge < -0.3 is 10.4 Å². The summed E-state index contributed by atoms with van der Waals surface area (Å²) in [4.78, 5) is 0. The van der Waals surface area contributed by atoms with Crippen molar-refractivity contribution in [2.45, 2.75) is 32.4 Å². The molecule has 0 aromatic heterocycles. The van der Waals surface area contributed by atoms with E-state index in [2.05, 4.69) is 54.7 Å². The average molecular weight is 269 g/mol. The lowest BCUT2D eigenvalue weighted by molar-refractivity contribution is 0.133. The lowest BCUT2D eigenvalue weighted by atomic mass is 10.00. The van der Waals surface area contributed by atoms with E-state index >= 15 is 0 Å². The summed E-state index contributed by atoms with van der Waals surface area (Å²) in [7, 11) is 0. The van der Waals surface area contributed by atoms with Crippen LogP contribution in [0.2, 0.25) is 0 Å². The van der Waals surface area contributed by atoms with E-state index in [1.165, 1.54) is 16.3 Å². The number of fused-ring (bicyclic) bond motifs is 1. The Morgan fingerprint density at radius 3 is 2.60 bits per heavy atom. The summed E-state index contributed by atoms with van der Waals surface area (Å²) >= 11 is 0. The maximum atomic E-state index is 9.63. The smallest absolute Gasteiger partial charge is 0.0772 e. The number of aliphatic hydroxyl groups is 1. The van der Waals surface area contributed by atoms with Gasteiger partial charge in [-0.15, -0.1) is 0 Å². The van der Waals surface area contributed by atoms with Gasteiger partial charge in [-0.2, -0.15) is 0 Å². The maximum Gasteiger partial charge on any atom is 0.0772 e. The van der Waals surface area contributed by atoms with Crippen LogP contribution in [-0.2, 0) is 0 Å². The highest BCUT2D eigenvalue weighted by Crippen LogP contribution is 2.23. The highest BCUT2D eigenvalue weighted by Gasteiger charge is 2.08. The molecule has 0 spiro atoms. The van der Waals surface area contributed by atoms with Gasteiger partial charge in [-0.05, 0) is 37.1 Å². The second-order valence-electron chi connectivity index (χ2n) is 5.75. The van der Waals surface area contributed by atoms with Crippen LogP contribution < -0.4 is 5.32 Å². The van der Waals surface area contributed by atoms with Gasteiger partial charge in [0, 0.05) is 12.6 Å². The van der Waals surface area contributed by atoms with Crippen LogP contribution in [-0.4, -0.2) is 17.3 Å². The normalized spacial score (nSPS) is 14.0. The average Bonchev–Trinajstić information content (AvgIpc) is 2.41. The van der Waals surface area contributed by atoms with E-state index in [9.17, 15) is 5.11 Å². The molecule has 2 aromatic carbocycles. The molecule has 2 rings (SSSR count). The van der Waals surface area contributed by atoms with Crippen LogP contribution in [0.1, 0.15) is 32.4 Å². The molecule has 0 aliphatic rings. The molecule has 106 valence electrons. The van der Waals surface area contributed by atoms with Crippen LogP contribution in [0.15, 0.2) is 54.6 Å². The molecule has 2 heteroatoms. The summed E-state index contributed by atoms with van der Waals surface area (Å²) in [6, 6.07) is 15.1. The highest BCUT2D eigenvalue weighted by molar-refractivity contribution is 5.86. The van der Waals surface area contributed by atoms with Crippen LogP contribution in [0.3, 0.4) is 0 Å². The summed E-state index contributed by atoms with van der Waals surface area (Å²) in [5, 5.41) is 15.7. The summed E-state index contributed by atoms with van der Waals surface area (Å²) < 4.78 is 0. The lowest BCUT2D eigenvalue weighted by Crippen LogP contribution is -2.20. The van der Waals surface area contributed by atoms with E-state index in [0.717, 1.165) is 6.54 Å². The number of hydrogen-bond donors (Lipinski definition) is 2. The van der Waals surface area contributed by atoms with E-state index in [0.29, 0.717) is 0 Å². The van der Waals surface area contributed by atoms with Crippen molar-refractivity contribution in [3.05, 3.63) is 60.2 Å². The van der Waals surface area contributed by atoms with Crippen molar-refractivity contribution < 1.29 is 5.11 Å². The molecule has 0 unspecified atom stereocenters. The molecule has 0 bridgehead atoms. The molecule has 2 N–H and O–H groups in total. The van der Waals surface area contributed by atoms with E-state index in [-0.39, 0.29) is 6.04 Å². The minimum atomic E-state index is -0.746. The molecule has 0 aliphatic heterocycles. The zero-order valence-electron chi connectivity index (χ0n) is 12.4. The summed E-state index contributed by atoms with van der Waals surface area (Å²) in [5.41, 5.74) is 0.560. The van der Waals surface area contributed by atoms with Gasteiger partial charge in [0.25, 0.3) is 0 Å². The predicted molar refractivity (Wildman–Crippen MR) is 85.8 cm³/mol. The summed E-state index contributed by atoms with van der Waals surface area (Å²) in [6.45, 7) is 6.46. The Morgan fingerprint density at radius 2 is 1.85 bits per heavy atom. The molecule has 0 aliphatic carbocycles. The third-order valence-electron chi connectivity index (χ3n) is 3.36. The first-order valence-electron chi connectivity index (χ1n) is 7.08. The summed E-state index contributed by atoms with van der Waals surface area (Å²) in [5.74, 6) is 0. The van der Waals surface area contributed by atoms with Crippen LogP contribution >= 0.6 is 0 Å². The Labute approximate surface area is 121 Å². The van der Waals surface area contributed by atoms with Gasteiger partial charge >= 0.3 is 0 Å². The van der Waals surface area contributed by atoms with E-state index in [1.54, 1.807) is 13.8 Å². The Morgan fingerprint density at radius 1 is 1.15 bits per heavy atom. The largest absolute Gasteiger partial charge is 0.386 e. The minimum absolute atomic E-state index is 0.271. The number of hydrogen-bond acceptors (Lipinski definition) is 2. The number of nitrogens with one attached hydrogen (secondary N) is 1. The molecule has 0 amide bonds. The fraction of sp³-hybridized carbons (Fsp3) is 0.333. The predicted octanol–water partition coefficient (Wildman–Crippen LogP) is 3.82. The molecular formula is C18H23NO. The Hall–Kier alpha value is -1.64. The minimum Gasteiger partial charge on any atom is -0.386 e. The molecule has 20 heavy (non-hydrogen) atoms. The zero-order chi connectivity index (χ0) is 14.6. The topological polar surface area (TPSA) is 32.3 Å². The van der Waals surface area contributed by atoms with Crippen LogP contribution in [0.5, 0.6) is 0 Å². The van der Waals surface area contributed by atoms with Crippen molar-refractivity contribution in [1.29, 1.82) is 0 Å². The van der Waals surface area contributed by atoms with Crippen LogP contribution in [0.4, 0.5) is 0 Å². The van der Waals surface area contributed by atoms with Gasteiger partial charge in [-0.25, -0.2) is 0 Å². The monoisotopic (exact) mass is 269 g/mol. The van der Waals surface area contributed by atoms with E-state index in [1.807, 2.05) is 12.2 Å². The Kier molecular flexibility index (Phi) is 4.58. The second-order valence-corrected chi connectivity index (χ2v) is 5.75. The summed E-state index contributed by atoms with van der Waals surface area (Å²) in [6.07, 6.45) is 3.79. The van der Waals surface area contributed by atoms with Gasteiger partial charge in [0.15, 0.2) is 0 Å². The third-order valence-corrected chi connectivity index (χ3v) is 3.36. The molecule has 0 radical (unpaired) electrons. The highest BCUT2D eigenvalue weighted by atomic mass is 16.3. The van der Waals surface area contributed by atoms with Crippen molar-refractivity contribution in [3.8, 4) is 0 Å². The molecule has 1 atom stereocenters. The zero-order valence-corrected chi connectivity index (χ0v) is 12.4. The van der Waals surface area contributed by atoms with Crippen molar-refractivity contribution >= 4 is 10.8 Å². The number of rotatable bonds is 5. The van der Waals surface area contributed by atoms with Crippen LogP contribution in [0.25, 0.3) is 10.8 Å². The van der Waals surface area contributed by atoms with Gasteiger partial charge in [0.2, 0.25) is 0 Å². The van der Waals surface area contributed by atoms with Crippen molar-refractivity contribution in [2.75, 3.05) is 6.54 Å². The van der Waals surface area contributed by atoms with Gasteiger partial charge in [0.1, 0.15) is 0 Å². The molecule has 0 heterocycles. The van der Waals surface area contributed by atoms with Crippen molar-refractivity contribution in [3.63, 3.8) is 0 Å². The van der Waals surface area contributed by atoms with Crippen LogP contribution in [0, 0.1) is 0 Å². The third kappa shape index (κ3) is 3.92. The first-order chi connectivity index (χ1) is 9.47. The van der Waals surface area contributed by atoms with Gasteiger partial charge in [-0.1, -0.05) is 54.6 Å². The lowest BCUT2D eigenvalue weighted by Gasteiger charge is -2.16. The molecular weight excluding hydrogens is 246 g/mol. The number of benzene rings is 2. The molecule has 2 nitrogen and oxygen atoms in total. The van der Waals surface area contributed by atoms with Gasteiger partial charge in [-0.3, -0.25) is 0 Å². The molecule has 0 saturated heterocycles. The van der Waals surface area contributed by atoms with Gasteiger partial charge in [0.05, 0.1) is 5.60 Å².